The number of hydrogen-bond acceptors (Lipinski definition) is 8. The van der Waals surface area contributed by atoms with Crippen LogP contribution in [0.2, 0.25) is 5.02 Å². The molecule has 0 aromatic heterocycles. The molecule has 0 saturated heterocycles. The lowest BCUT2D eigenvalue weighted by atomic mass is 10.1. The second-order valence-corrected chi connectivity index (χ2v) is 11.7. The number of nitrogens with one attached hydrogen (secondary N) is 3. The zero-order chi connectivity index (χ0) is 33.9. The highest BCUT2D eigenvalue weighted by Gasteiger charge is 2.20. The summed E-state index contributed by atoms with van der Waals surface area (Å²) in [4.78, 5) is 40.3. The summed E-state index contributed by atoms with van der Waals surface area (Å²) in [5.74, 6) is 0.443. The van der Waals surface area contributed by atoms with Crippen LogP contribution in [0.5, 0.6) is 23.0 Å². The van der Waals surface area contributed by atoms with Crippen molar-refractivity contribution in [3.63, 3.8) is 0 Å². The Morgan fingerprint density at radius 2 is 1.45 bits per heavy atom. The Kier molecular flexibility index (Phi) is 12.1. The zero-order valence-corrected chi connectivity index (χ0v) is 28.0. The van der Waals surface area contributed by atoms with Crippen LogP contribution in [-0.2, 0) is 9.59 Å². The van der Waals surface area contributed by atoms with Gasteiger partial charge in [-0.3, -0.25) is 14.4 Å². The van der Waals surface area contributed by atoms with E-state index in [0.717, 1.165) is 4.90 Å². The van der Waals surface area contributed by atoms with Crippen LogP contribution < -0.4 is 34.9 Å². The van der Waals surface area contributed by atoms with Crippen LogP contribution in [-0.4, -0.2) is 51.4 Å². The third-order valence-corrected chi connectivity index (χ3v) is 8.20. The molecule has 0 spiro atoms. The molecule has 4 aromatic rings. The van der Waals surface area contributed by atoms with E-state index in [1.807, 2.05) is 0 Å². The first-order valence-electron chi connectivity index (χ1n) is 14.3. The van der Waals surface area contributed by atoms with E-state index in [4.69, 9.17) is 30.5 Å². The van der Waals surface area contributed by atoms with Crippen LogP contribution in [0.1, 0.15) is 22.8 Å². The van der Waals surface area contributed by atoms with E-state index >= 15 is 0 Å². The lowest BCUT2D eigenvalue weighted by Gasteiger charge is -2.16. The molecule has 0 saturated carbocycles. The second kappa shape index (κ2) is 16.4. The molecule has 3 N–H and O–H groups in total. The Bertz CT molecular complexity index is 1770. The van der Waals surface area contributed by atoms with Crippen molar-refractivity contribution in [2.45, 2.75) is 17.1 Å². The topological polar surface area (TPSA) is 124 Å². The van der Waals surface area contributed by atoms with E-state index in [9.17, 15) is 14.4 Å². The number of para-hydroxylation sites is 1. The van der Waals surface area contributed by atoms with E-state index in [0.29, 0.717) is 50.5 Å². The van der Waals surface area contributed by atoms with Gasteiger partial charge in [-0.1, -0.05) is 41.9 Å². The van der Waals surface area contributed by atoms with Crippen molar-refractivity contribution < 1.29 is 33.3 Å². The van der Waals surface area contributed by atoms with Gasteiger partial charge in [-0.2, -0.15) is 0 Å². The minimum atomic E-state index is -0.556. The number of rotatable bonds is 13. The highest BCUT2D eigenvalue weighted by Crippen LogP contribution is 2.37. The largest absolute Gasteiger partial charge is 0.495 e. The Balaban J connectivity index is 1.48. The first kappa shape index (κ1) is 34.7. The normalized spacial score (nSPS) is 11.6. The summed E-state index contributed by atoms with van der Waals surface area (Å²) in [5.41, 5.74) is 1.80. The minimum absolute atomic E-state index is 0.0109. The van der Waals surface area contributed by atoms with Gasteiger partial charge in [-0.05, 0) is 61.5 Å². The molecule has 12 heteroatoms. The van der Waals surface area contributed by atoms with Crippen LogP contribution in [0.15, 0.2) is 95.5 Å². The summed E-state index contributed by atoms with van der Waals surface area (Å²) in [5, 5.41) is 8.25. The maximum atomic E-state index is 13.5. The summed E-state index contributed by atoms with van der Waals surface area (Å²) in [6.45, 7) is 1.77. The number of anilines is 2. The first-order valence-corrected chi connectivity index (χ1v) is 15.5. The van der Waals surface area contributed by atoms with E-state index in [1.165, 1.54) is 46.3 Å². The van der Waals surface area contributed by atoms with E-state index in [1.54, 1.807) is 91.9 Å². The van der Waals surface area contributed by atoms with E-state index < -0.39 is 17.1 Å². The monoisotopic (exact) mass is 675 g/mol. The number of thioether (sulfide) groups is 1. The summed E-state index contributed by atoms with van der Waals surface area (Å²) in [6.07, 6.45) is 1.52. The molecule has 0 aliphatic heterocycles. The molecule has 0 aliphatic carbocycles. The van der Waals surface area contributed by atoms with Crippen molar-refractivity contribution in [1.29, 1.82) is 0 Å². The lowest BCUT2D eigenvalue weighted by Crippen LogP contribution is -2.30. The molecule has 3 amide bonds. The molecule has 244 valence electrons. The molecule has 1 atom stereocenters. The number of ether oxygens (including phenoxy) is 4. The van der Waals surface area contributed by atoms with Gasteiger partial charge in [0.25, 0.3) is 11.8 Å². The number of benzene rings is 4. The van der Waals surface area contributed by atoms with Gasteiger partial charge in [0.05, 0.1) is 44.4 Å². The summed E-state index contributed by atoms with van der Waals surface area (Å²) in [6, 6.07) is 23.9. The first-order chi connectivity index (χ1) is 22.7. The van der Waals surface area contributed by atoms with Gasteiger partial charge >= 0.3 is 0 Å². The molecule has 0 radical (unpaired) electrons. The minimum Gasteiger partial charge on any atom is -0.495 e. The van der Waals surface area contributed by atoms with Gasteiger partial charge in [0.1, 0.15) is 17.2 Å². The van der Waals surface area contributed by atoms with Gasteiger partial charge in [-0.15, -0.1) is 11.8 Å². The number of carbonyl (C=O) groups is 3. The number of amides is 3. The Hall–Kier alpha value is -5.13. The molecule has 10 nitrogen and oxygen atoms in total. The Morgan fingerprint density at radius 1 is 0.766 bits per heavy atom. The Morgan fingerprint density at radius 3 is 2.09 bits per heavy atom. The lowest BCUT2D eigenvalue weighted by molar-refractivity contribution is -0.115. The van der Waals surface area contributed by atoms with Crippen LogP contribution in [0, 0.1) is 0 Å². The molecular formula is C35H34ClN3O7S. The number of carbonyl (C=O) groups excluding carboxylic acids is 3. The third-order valence-electron chi connectivity index (χ3n) is 6.79. The predicted molar refractivity (Wildman–Crippen MR) is 185 cm³/mol. The fraction of sp³-hybridized carbons (Fsp3) is 0.171. The quantitative estimate of drug-likeness (QED) is 0.103. The predicted octanol–water partition coefficient (Wildman–Crippen LogP) is 6.90. The van der Waals surface area contributed by atoms with Gasteiger partial charge in [0, 0.05) is 27.8 Å². The number of methoxy groups -OCH3 is 4. The van der Waals surface area contributed by atoms with Crippen molar-refractivity contribution >= 4 is 58.5 Å². The molecule has 4 aromatic carbocycles. The van der Waals surface area contributed by atoms with Crippen molar-refractivity contribution in [3.05, 3.63) is 107 Å². The molecule has 1 unspecified atom stereocenters. The highest BCUT2D eigenvalue weighted by molar-refractivity contribution is 8.00. The average molecular weight is 676 g/mol. The molecule has 0 heterocycles. The SMILES string of the molecule is COc1cc(OC)c(NC(=O)C(C)Sc2ccc(NC(=O)/C(=C/c3cccc(OC)c3OC)NC(=O)c3ccccc3)cc2)cc1Cl. The van der Waals surface area contributed by atoms with Gasteiger partial charge in [0.2, 0.25) is 5.91 Å². The summed E-state index contributed by atoms with van der Waals surface area (Å²) >= 11 is 7.57. The van der Waals surface area contributed by atoms with Crippen LogP contribution in [0.4, 0.5) is 11.4 Å². The van der Waals surface area contributed by atoms with Crippen molar-refractivity contribution in [2.75, 3.05) is 39.1 Å². The van der Waals surface area contributed by atoms with E-state index in [2.05, 4.69) is 16.0 Å². The van der Waals surface area contributed by atoms with Crippen LogP contribution in [0.25, 0.3) is 6.08 Å². The second-order valence-electron chi connectivity index (χ2n) is 9.88. The van der Waals surface area contributed by atoms with Gasteiger partial charge in [0.15, 0.2) is 11.5 Å². The van der Waals surface area contributed by atoms with Crippen molar-refractivity contribution in [3.8, 4) is 23.0 Å². The van der Waals surface area contributed by atoms with Crippen molar-refractivity contribution in [1.82, 2.24) is 5.32 Å². The summed E-state index contributed by atoms with van der Waals surface area (Å²) in [7, 11) is 5.99. The smallest absolute Gasteiger partial charge is 0.272 e. The molecular weight excluding hydrogens is 642 g/mol. The standard InChI is InChI=1S/C35H34ClN3O7S/c1-21(33(40)38-27-19-26(36)30(44-3)20-31(27)45-4)47-25-16-14-24(15-17-25)37-35(42)28(39-34(41)22-10-7-6-8-11-22)18-23-12-9-13-29(43-2)32(23)46-5/h6-21H,1-5H3,(H,37,42)(H,38,40)(H,39,41)/b28-18-. The van der Waals surface area contributed by atoms with E-state index in [-0.39, 0.29) is 11.6 Å². The zero-order valence-electron chi connectivity index (χ0n) is 26.4. The maximum absolute atomic E-state index is 13.5. The number of hydrogen-bond donors (Lipinski definition) is 3. The fourth-order valence-corrected chi connectivity index (χ4v) is 5.50. The highest BCUT2D eigenvalue weighted by atomic mass is 35.5. The Labute approximate surface area is 282 Å². The van der Waals surface area contributed by atoms with Crippen LogP contribution in [0.3, 0.4) is 0 Å². The number of halogens is 1. The molecule has 0 bridgehead atoms. The third kappa shape index (κ3) is 8.99. The van der Waals surface area contributed by atoms with Crippen LogP contribution >= 0.6 is 23.4 Å². The fourth-order valence-electron chi connectivity index (χ4n) is 4.39. The molecule has 47 heavy (non-hydrogen) atoms. The maximum Gasteiger partial charge on any atom is 0.272 e. The van der Waals surface area contributed by atoms with Gasteiger partial charge in [-0.25, -0.2) is 0 Å². The molecule has 4 rings (SSSR count). The van der Waals surface area contributed by atoms with Crippen molar-refractivity contribution in [2.24, 2.45) is 0 Å². The average Bonchev–Trinajstić information content (AvgIpc) is 3.09. The van der Waals surface area contributed by atoms with Gasteiger partial charge < -0.3 is 34.9 Å². The molecule has 0 fully saturated rings. The molecule has 0 aliphatic rings. The summed E-state index contributed by atoms with van der Waals surface area (Å²) < 4.78 is 21.5.